The van der Waals surface area contributed by atoms with Crippen molar-refractivity contribution >= 4 is 17.6 Å². The second-order valence-corrected chi connectivity index (χ2v) is 8.31. The van der Waals surface area contributed by atoms with Crippen LogP contribution in [-0.2, 0) is 4.79 Å². The van der Waals surface area contributed by atoms with Crippen LogP contribution in [0, 0.1) is 11.3 Å². The van der Waals surface area contributed by atoms with E-state index in [1.807, 2.05) is 0 Å². The van der Waals surface area contributed by atoms with E-state index in [4.69, 9.17) is 9.47 Å². The summed E-state index contributed by atoms with van der Waals surface area (Å²) in [7, 11) is 0. The van der Waals surface area contributed by atoms with Gasteiger partial charge in [-0.25, -0.2) is 4.79 Å². The second kappa shape index (κ2) is 8.17. The minimum Gasteiger partial charge on any atom is -0.454 e. The molecule has 3 N–H and O–H groups in total. The number of hydrogen-bond acceptors (Lipinski definition) is 5. The maximum Gasteiger partial charge on any atom is 0.325 e. The van der Waals surface area contributed by atoms with Crippen LogP contribution in [0.5, 0.6) is 11.5 Å². The van der Waals surface area contributed by atoms with Crippen molar-refractivity contribution in [1.29, 1.82) is 0 Å². The molecule has 27 heavy (non-hydrogen) atoms. The number of nitrogens with one attached hydrogen (secondary N) is 3. The van der Waals surface area contributed by atoms with E-state index in [0.29, 0.717) is 29.1 Å². The Hall–Kier alpha value is -2.28. The Labute approximate surface area is 160 Å². The molecule has 1 aliphatic heterocycles. The molecule has 0 bridgehead atoms. The molecule has 1 fully saturated rings. The first-order chi connectivity index (χ1) is 12.8. The van der Waals surface area contributed by atoms with Crippen LogP contribution in [0.15, 0.2) is 18.2 Å². The van der Waals surface area contributed by atoms with Crippen molar-refractivity contribution in [2.45, 2.75) is 52.5 Å². The highest BCUT2D eigenvalue weighted by Gasteiger charge is 2.34. The zero-order valence-electron chi connectivity index (χ0n) is 16.3. The predicted molar refractivity (Wildman–Crippen MR) is 103 cm³/mol. The molecule has 1 heterocycles. The second-order valence-electron chi connectivity index (χ2n) is 8.31. The number of anilines is 1. The average molecular weight is 375 g/mol. The summed E-state index contributed by atoms with van der Waals surface area (Å²) in [5.41, 5.74) is 0.739. The molecule has 2 aliphatic rings. The van der Waals surface area contributed by atoms with Crippen LogP contribution >= 0.6 is 0 Å². The Morgan fingerprint density at radius 2 is 1.85 bits per heavy atom. The molecule has 3 amide bonds. The number of rotatable bonds is 4. The van der Waals surface area contributed by atoms with Gasteiger partial charge >= 0.3 is 6.03 Å². The fourth-order valence-electron chi connectivity index (χ4n) is 3.94. The van der Waals surface area contributed by atoms with Gasteiger partial charge in [-0.2, -0.15) is 0 Å². The summed E-state index contributed by atoms with van der Waals surface area (Å²) in [6, 6.07) is 4.83. The normalized spacial score (nSPS) is 21.6. The number of hydrogen-bond donors (Lipinski definition) is 3. The summed E-state index contributed by atoms with van der Waals surface area (Å²) in [5, 5.41) is 8.36. The van der Waals surface area contributed by atoms with Crippen molar-refractivity contribution in [1.82, 2.24) is 10.6 Å². The van der Waals surface area contributed by atoms with E-state index in [1.54, 1.807) is 18.2 Å². The van der Waals surface area contributed by atoms with Crippen LogP contribution in [0.25, 0.3) is 0 Å². The van der Waals surface area contributed by atoms with Gasteiger partial charge in [0.25, 0.3) is 0 Å². The molecule has 1 aromatic rings. The van der Waals surface area contributed by atoms with Gasteiger partial charge in [0, 0.05) is 17.8 Å². The lowest BCUT2D eigenvalue weighted by molar-refractivity contribution is -0.119. The minimum absolute atomic E-state index is 0.131. The van der Waals surface area contributed by atoms with E-state index >= 15 is 0 Å². The van der Waals surface area contributed by atoms with E-state index in [-0.39, 0.29) is 24.7 Å². The lowest BCUT2D eigenvalue weighted by Gasteiger charge is -2.40. The Morgan fingerprint density at radius 3 is 2.63 bits per heavy atom. The predicted octanol–water partition coefficient (Wildman–Crippen LogP) is 3.26. The van der Waals surface area contributed by atoms with E-state index in [2.05, 4.69) is 36.7 Å². The van der Waals surface area contributed by atoms with Crippen LogP contribution in [0.3, 0.4) is 0 Å². The first kappa shape index (κ1) is 19.5. The molecule has 2 atom stereocenters. The third-order valence-corrected chi connectivity index (χ3v) is 5.29. The van der Waals surface area contributed by atoms with Gasteiger partial charge in [-0.05, 0) is 36.3 Å². The van der Waals surface area contributed by atoms with E-state index in [9.17, 15) is 9.59 Å². The zero-order chi connectivity index (χ0) is 19.4. The Balaban J connectivity index is 1.46. The van der Waals surface area contributed by atoms with Crippen molar-refractivity contribution in [2.24, 2.45) is 11.3 Å². The highest BCUT2D eigenvalue weighted by atomic mass is 16.7. The molecular weight excluding hydrogens is 346 g/mol. The smallest absolute Gasteiger partial charge is 0.325 e. The maximum absolute atomic E-state index is 12.2. The molecular formula is C20H29N3O4. The molecule has 148 valence electrons. The van der Waals surface area contributed by atoms with Gasteiger partial charge < -0.3 is 20.1 Å². The summed E-state index contributed by atoms with van der Waals surface area (Å²) < 4.78 is 10.5. The standard InChI is InChI=1S/C20H29N3O4/c1-20(2,3)14-6-4-5-7-15(14)21-11-18(24)23-19(25)22-13-8-9-16-17(10-13)27-12-26-16/h8-10,14-15,21H,4-7,11-12H2,1-3H3,(H2,22,23,24,25). The van der Waals surface area contributed by atoms with E-state index in [1.165, 1.54) is 19.3 Å². The third kappa shape index (κ3) is 5.13. The Morgan fingerprint density at radius 1 is 1.11 bits per heavy atom. The molecule has 0 radical (unpaired) electrons. The quantitative estimate of drug-likeness (QED) is 0.752. The van der Waals surface area contributed by atoms with Crippen molar-refractivity contribution in [3.8, 4) is 11.5 Å². The summed E-state index contributed by atoms with van der Waals surface area (Å²) in [6.07, 6.45) is 4.66. The summed E-state index contributed by atoms with van der Waals surface area (Å²) in [6.45, 7) is 7.04. The number of urea groups is 1. The molecule has 2 unspecified atom stereocenters. The first-order valence-electron chi connectivity index (χ1n) is 9.57. The molecule has 7 nitrogen and oxygen atoms in total. The molecule has 1 aliphatic carbocycles. The summed E-state index contributed by atoms with van der Waals surface area (Å²) in [4.78, 5) is 24.2. The molecule has 0 aromatic heterocycles. The van der Waals surface area contributed by atoms with E-state index in [0.717, 1.165) is 6.42 Å². The summed E-state index contributed by atoms with van der Waals surface area (Å²) >= 11 is 0. The number of amides is 3. The highest BCUT2D eigenvalue weighted by Crippen LogP contribution is 2.38. The fraction of sp³-hybridized carbons (Fsp3) is 0.600. The van der Waals surface area contributed by atoms with Crippen molar-refractivity contribution in [3.63, 3.8) is 0 Å². The van der Waals surface area contributed by atoms with Gasteiger partial charge in [0.2, 0.25) is 12.7 Å². The van der Waals surface area contributed by atoms with Gasteiger partial charge in [0.15, 0.2) is 11.5 Å². The number of benzene rings is 1. The number of fused-ring (bicyclic) bond motifs is 1. The average Bonchev–Trinajstić information content (AvgIpc) is 3.07. The number of carbonyl (C=O) groups excluding carboxylic acids is 2. The number of carbonyl (C=O) groups is 2. The maximum atomic E-state index is 12.2. The molecule has 1 saturated carbocycles. The monoisotopic (exact) mass is 375 g/mol. The minimum atomic E-state index is -0.559. The molecule has 3 rings (SSSR count). The van der Waals surface area contributed by atoms with Gasteiger partial charge in [0.1, 0.15) is 0 Å². The topological polar surface area (TPSA) is 88.7 Å². The van der Waals surface area contributed by atoms with Crippen molar-refractivity contribution < 1.29 is 19.1 Å². The van der Waals surface area contributed by atoms with Crippen LogP contribution in [0.1, 0.15) is 46.5 Å². The van der Waals surface area contributed by atoms with Gasteiger partial charge in [0.05, 0.1) is 6.54 Å². The van der Waals surface area contributed by atoms with Crippen LogP contribution in [-0.4, -0.2) is 31.3 Å². The van der Waals surface area contributed by atoms with Gasteiger partial charge in [-0.15, -0.1) is 0 Å². The largest absolute Gasteiger partial charge is 0.454 e. The van der Waals surface area contributed by atoms with Gasteiger partial charge in [-0.3, -0.25) is 10.1 Å². The number of ether oxygens (including phenoxy) is 2. The molecule has 0 saturated heterocycles. The molecule has 7 heteroatoms. The lowest BCUT2D eigenvalue weighted by atomic mass is 9.69. The zero-order valence-corrected chi connectivity index (χ0v) is 16.3. The summed E-state index contributed by atoms with van der Waals surface area (Å²) in [5.74, 6) is 1.40. The van der Waals surface area contributed by atoms with Crippen molar-refractivity contribution in [2.75, 3.05) is 18.7 Å². The Kier molecular flexibility index (Phi) is 5.89. The fourth-order valence-corrected chi connectivity index (χ4v) is 3.94. The Bertz CT molecular complexity index is 699. The SMILES string of the molecule is CC(C)(C)C1CCCCC1NCC(=O)NC(=O)Nc1ccc2c(c1)OCO2. The van der Waals surface area contributed by atoms with Gasteiger partial charge in [-0.1, -0.05) is 33.6 Å². The molecule has 1 aromatic carbocycles. The van der Waals surface area contributed by atoms with E-state index < -0.39 is 6.03 Å². The van der Waals surface area contributed by atoms with Crippen LogP contribution in [0.2, 0.25) is 0 Å². The third-order valence-electron chi connectivity index (χ3n) is 5.29. The lowest BCUT2D eigenvalue weighted by Crippen LogP contribution is -2.48. The van der Waals surface area contributed by atoms with Crippen molar-refractivity contribution in [3.05, 3.63) is 18.2 Å². The highest BCUT2D eigenvalue weighted by molar-refractivity contribution is 6.01. The van der Waals surface area contributed by atoms with Crippen LogP contribution < -0.4 is 25.4 Å². The van der Waals surface area contributed by atoms with Crippen LogP contribution in [0.4, 0.5) is 10.5 Å². The first-order valence-corrected chi connectivity index (χ1v) is 9.57. The number of imide groups is 1. The molecule has 0 spiro atoms.